The highest BCUT2D eigenvalue weighted by Gasteiger charge is 2.46. The summed E-state index contributed by atoms with van der Waals surface area (Å²) < 4.78 is 37.7. The van der Waals surface area contributed by atoms with E-state index >= 15 is 4.39 Å². The Bertz CT molecular complexity index is 1820. The number of nitrogens with zero attached hydrogens (tertiary/aromatic N) is 3. The van der Waals surface area contributed by atoms with Gasteiger partial charge in [-0.2, -0.15) is 0 Å². The number of methoxy groups -OCH3 is 3. The predicted molar refractivity (Wildman–Crippen MR) is 240 cm³/mol. The molecule has 5 amide bonds. The van der Waals surface area contributed by atoms with E-state index in [1.807, 2.05) is 88.4 Å². The molecule has 2 aromatic carbocycles. The Hall–Kier alpha value is -5.09. The minimum atomic E-state index is -1.40. The third-order valence-corrected chi connectivity index (χ3v) is 12.4. The first-order valence-electron chi connectivity index (χ1n) is 22.2. The molecule has 1 saturated heterocycles. The SMILES string of the molecule is CC[C@H](C)C([C@@H](CC(=O)N1C[C@@H](F)C[C@H]1[C@H](OC)[C@@H](C)C(=O)NC(Cc1ccccc1)C(=O)OC)OC)N(C)C(=O)[C@@H](NC(=O)C(C(C)C)N(C)C(=O)OCc1ccccc1)C(C)C. The molecule has 1 aliphatic heterocycles. The van der Waals surface area contributed by atoms with Crippen molar-refractivity contribution in [2.24, 2.45) is 23.7 Å². The van der Waals surface area contributed by atoms with Gasteiger partial charge in [0.05, 0.1) is 50.3 Å². The zero-order chi connectivity index (χ0) is 47.8. The van der Waals surface area contributed by atoms with Gasteiger partial charge < -0.3 is 39.4 Å². The maximum atomic E-state index is 15.4. The maximum absolute atomic E-state index is 15.4. The summed E-state index contributed by atoms with van der Waals surface area (Å²) in [6.07, 6.45) is -3.39. The Morgan fingerprint density at radius 2 is 1.39 bits per heavy atom. The lowest BCUT2D eigenvalue weighted by Crippen LogP contribution is -2.60. The van der Waals surface area contributed by atoms with Crippen LogP contribution < -0.4 is 10.6 Å². The molecule has 1 heterocycles. The molecule has 15 nitrogen and oxygen atoms in total. The standard InChI is InChI=1S/C48H72FN5O10/c1-13-31(6)42(52(8)46(58)40(29(2)3)51-45(57)41(30(4)5)53(9)48(60)64-28-34-22-18-15-19-23-34)38(61-10)26-39(55)54-27-35(49)25-37(54)43(62-11)32(7)44(56)50-36(47(59)63-12)24-33-20-16-14-17-21-33/h14-23,29-32,35-38,40-43H,13,24-28H2,1-12H3,(H,50,56)(H,51,57)/t31-,32+,35-,36?,37-,38+,40-,41?,42?,43+/m0/s1. The van der Waals surface area contributed by atoms with Crippen molar-refractivity contribution in [2.45, 2.75) is 129 Å². The highest BCUT2D eigenvalue weighted by Crippen LogP contribution is 2.31. The molecule has 16 heteroatoms. The molecule has 2 N–H and O–H groups in total. The second kappa shape index (κ2) is 25.4. The van der Waals surface area contributed by atoms with E-state index in [4.69, 9.17) is 18.9 Å². The zero-order valence-corrected chi connectivity index (χ0v) is 39.7. The molecule has 0 spiro atoms. The van der Waals surface area contributed by atoms with Gasteiger partial charge in [-0.15, -0.1) is 0 Å². The molecule has 0 radical (unpaired) electrons. The van der Waals surface area contributed by atoms with Crippen LogP contribution in [0.4, 0.5) is 9.18 Å². The summed E-state index contributed by atoms with van der Waals surface area (Å²) in [4.78, 5) is 86.6. The number of esters is 1. The van der Waals surface area contributed by atoms with Crippen LogP contribution >= 0.6 is 0 Å². The van der Waals surface area contributed by atoms with Gasteiger partial charge in [0.15, 0.2) is 0 Å². The molecular weight excluding hydrogens is 826 g/mol. The summed E-state index contributed by atoms with van der Waals surface area (Å²) in [6, 6.07) is 13.9. The molecule has 3 unspecified atom stereocenters. The fourth-order valence-electron chi connectivity index (χ4n) is 8.59. The summed E-state index contributed by atoms with van der Waals surface area (Å²) in [5.74, 6) is -4.36. The highest BCUT2D eigenvalue weighted by molar-refractivity contribution is 5.92. The average Bonchev–Trinajstić information content (AvgIpc) is 3.67. The lowest BCUT2D eigenvalue weighted by molar-refractivity contribution is -0.149. The van der Waals surface area contributed by atoms with Gasteiger partial charge in [0.2, 0.25) is 23.6 Å². The molecule has 0 aliphatic carbocycles. The normalized spacial score (nSPS) is 18.8. The molecule has 0 saturated carbocycles. The second-order valence-electron chi connectivity index (χ2n) is 17.6. The van der Waals surface area contributed by atoms with E-state index < -0.39 is 90.2 Å². The fraction of sp³-hybridized carbons (Fsp3) is 0.625. The number of nitrogens with one attached hydrogen (secondary N) is 2. The molecule has 64 heavy (non-hydrogen) atoms. The molecule has 1 fully saturated rings. The van der Waals surface area contributed by atoms with E-state index in [0.717, 1.165) is 11.1 Å². The molecule has 356 valence electrons. The maximum Gasteiger partial charge on any atom is 0.410 e. The van der Waals surface area contributed by atoms with Crippen LogP contribution in [-0.2, 0) is 55.9 Å². The number of rotatable bonds is 23. The van der Waals surface area contributed by atoms with Crippen molar-refractivity contribution in [3.05, 3.63) is 71.8 Å². The van der Waals surface area contributed by atoms with Crippen LogP contribution in [-0.4, -0.2) is 141 Å². The molecule has 1 aliphatic rings. The monoisotopic (exact) mass is 898 g/mol. The van der Waals surface area contributed by atoms with Crippen molar-refractivity contribution >= 4 is 35.7 Å². The summed E-state index contributed by atoms with van der Waals surface area (Å²) in [5.41, 5.74) is 1.60. The Morgan fingerprint density at radius 1 is 0.797 bits per heavy atom. The van der Waals surface area contributed by atoms with Crippen LogP contribution in [0.1, 0.15) is 78.9 Å². The summed E-state index contributed by atoms with van der Waals surface area (Å²) in [7, 11) is 7.18. The molecular formula is C48H72FN5O10. The van der Waals surface area contributed by atoms with Crippen molar-refractivity contribution in [3.8, 4) is 0 Å². The number of alkyl halides is 1. The van der Waals surface area contributed by atoms with Crippen LogP contribution in [0, 0.1) is 23.7 Å². The first kappa shape index (κ1) is 53.2. The Balaban J connectivity index is 1.80. The van der Waals surface area contributed by atoms with Crippen molar-refractivity contribution in [2.75, 3.05) is 42.0 Å². The number of likely N-dealkylation sites (N-methyl/N-ethyl adjacent to an activating group) is 2. The Labute approximate surface area is 379 Å². The minimum absolute atomic E-state index is 0.0268. The van der Waals surface area contributed by atoms with Crippen LogP contribution in [0.5, 0.6) is 0 Å². The van der Waals surface area contributed by atoms with Crippen LogP contribution in [0.25, 0.3) is 0 Å². The third kappa shape index (κ3) is 14.2. The minimum Gasteiger partial charge on any atom is -0.467 e. The van der Waals surface area contributed by atoms with E-state index in [-0.39, 0.29) is 50.2 Å². The highest BCUT2D eigenvalue weighted by atomic mass is 19.1. The topological polar surface area (TPSA) is 173 Å². The smallest absolute Gasteiger partial charge is 0.410 e. The number of carbonyl (C=O) groups is 6. The molecule has 0 bridgehead atoms. The molecule has 10 atom stereocenters. The lowest BCUT2D eigenvalue weighted by atomic mass is 9.89. The molecule has 3 rings (SSSR count). The van der Waals surface area contributed by atoms with Gasteiger partial charge in [-0.05, 0) is 28.9 Å². The number of likely N-dealkylation sites (tertiary alicyclic amines) is 1. The largest absolute Gasteiger partial charge is 0.467 e. The Kier molecular flexibility index (Phi) is 21.1. The fourth-order valence-corrected chi connectivity index (χ4v) is 8.59. The molecule has 2 aromatic rings. The van der Waals surface area contributed by atoms with Gasteiger partial charge in [0, 0.05) is 41.2 Å². The number of amides is 5. The van der Waals surface area contributed by atoms with Crippen LogP contribution in [0.3, 0.4) is 0 Å². The average molecular weight is 898 g/mol. The van der Waals surface area contributed by atoms with E-state index in [1.54, 1.807) is 27.8 Å². The number of carbonyl (C=O) groups excluding carboxylic acids is 6. The quantitative estimate of drug-likeness (QED) is 0.142. The summed E-state index contributed by atoms with van der Waals surface area (Å²) >= 11 is 0. The van der Waals surface area contributed by atoms with Crippen LogP contribution in [0.2, 0.25) is 0 Å². The Morgan fingerprint density at radius 3 is 1.91 bits per heavy atom. The van der Waals surface area contributed by atoms with E-state index in [0.29, 0.717) is 6.42 Å². The third-order valence-electron chi connectivity index (χ3n) is 12.4. The van der Waals surface area contributed by atoms with Crippen molar-refractivity contribution in [1.82, 2.24) is 25.3 Å². The first-order valence-corrected chi connectivity index (χ1v) is 22.2. The number of hydrogen-bond donors (Lipinski definition) is 2. The first-order chi connectivity index (χ1) is 30.3. The number of ether oxygens (including phenoxy) is 4. The van der Waals surface area contributed by atoms with Crippen molar-refractivity contribution < 1.29 is 52.1 Å². The predicted octanol–water partition coefficient (Wildman–Crippen LogP) is 5.19. The number of halogens is 1. The van der Waals surface area contributed by atoms with Gasteiger partial charge in [-0.25, -0.2) is 14.0 Å². The molecule has 0 aromatic heterocycles. The summed E-state index contributed by atoms with van der Waals surface area (Å²) in [5, 5.41) is 5.69. The van der Waals surface area contributed by atoms with Crippen molar-refractivity contribution in [3.63, 3.8) is 0 Å². The van der Waals surface area contributed by atoms with E-state index in [9.17, 15) is 28.8 Å². The van der Waals surface area contributed by atoms with Gasteiger partial charge in [-0.1, -0.05) is 116 Å². The lowest BCUT2D eigenvalue weighted by Gasteiger charge is -2.41. The van der Waals surface area contributed by atoms with Crippen molar-refractivity contribution in [1.29, 1.82) is 0 Å². The van der Waals surface area contributed by atoms with Gasteiger partial charge in [-0.3, -0.25) is 24.1 Å². The zero-order valence-electron chi connectivity index (χ0n) is 39.7. The van der Waals surface area contributed by atoms with E-state index in [2.05, 4.69) is 10.6 Å². The van der Waals surface area contributed by atoms with Gasteiger partial charge in [0.25, 0.3) is 0 Å². The van der Waals surface area contributed by atoms with Gasteiger partial charge in [0.1, 0.15) is 30.9 Å². The number of hydrogen-bond acceptors (Lipinski definition) is 10. The second-order valence-corrected chi connectivity index (χ2v) is 17.6. The summed E-state index contributed by atoms with van der Waals surface area (Å²) in [6.45, 7) is 12.5. The van der Waals surface area contributed by atoms with Gasteiger partial charge >= 0.3 is 12.1 Å². The van der Waals surface area contributed by atoms with Crippen LogP contribution in [0.15, 0.2) is 60.7 Å². The van der Waals surface area contributed by atoms with E-state index in [1.165, 1.54) is 43.1 Å². The number of benzene rings is 2.